The van der Waals surface area contributed by atoms with Crippen LogP contribution in [0.2, 0.25) is 0 Å². The quantitative estimate of drug-likeness (QED) is 0.420. The predicted octanol–water partition coefficient (Wildman–Crippen LogP) is 4.48. The van der Waals surface area contributed by atoms with Crippen molar-refractivity contribution in [1.29, 1.82) is 0 Å². The molecule has 0 aliphatic rings. The fourth-order valence-electron chi connectivity index (χ4n) is 3.09. The predicted molar refractivity (Wildman–Crippen MR) is 89.9 cm³/mol. The second-order valence-electron chi connectivity index (χ2n) is 5.44. The van der Waals surface area contributed by atoms with Gasteiger partial charge in [0.05, 0.1) is 16.6 Å². The molecule has 0 saturated heterocycles. The minimum absolute atomic E-state index is 0.867. The highest BCUT2D eigenvalue weighted by Crippen LogP contribution is 2.28. The first-order chi connectivity index (χ1) is 10.9. The Morgan fingerprint density at radius 3 is 2.27 bits per heavy atom. The highest BCUT2D eigenvalue weighted by atomic mass is 15.1. The summed E-state index contributed by atoms with van der Waals surface area (Å²) in [6.45, 7) is 0. The number of hydrogen-bond acceptors (Lipinski definition) is 3. The van der Waals surface area contributed by atoms with Crippen LogP contribution in [0.4, 0.5) is 0 Å². The van der Waals surface area contributed by atoms with Crippen molar-refractivity contribution in [2.24, 2.45) is 0 Å². The smallest absolute Gasteiger partial charge is 0.0951 e. The Labute approximate surface area is 126 Å². The zero-order chi connectivity index (χ0) is 14.5. The van der Waals surface area contributed by atoms with E-state index in [1.54, 1.807) is 0 Å². The van der Waals surface area contributed by atoms with Gasteiger partial charge in [-0.15, -0.1) is 10.2 Å². The van der Waals surface area contributed by atoms with Crippen molar-refractivity contribution >= 4 is 43.5 Å². The summed E-state index contributed by atoms with van der Waals surface area (Å²) >= 11 is 0. The maximum Gasteiger partial charge on any atom is 0.0951 e. The molecule has 0 atom stereocenters. The van der Waals surface area contributed by atoms with E-state index in [1.807, 2.05) is 30.5 Å². The van der Waals surface area contributed by atoms with Crippen LogP contribution in [0.15, 0.2) is 66.9 Å². The third-order valence-corrected chi connectivity index (χ3v) is 4.18. The van der Waals surface area contributed by atoms with E-state index in [0.29, 0.717) is 0 Å². The number of rotatable bonds is 0. The van der Waals surface area contributed by atoms with Crippen molar-refractivity contribution in [3.05, 3.63) is 66.9 Å². The number of aromatic nitrogens is 3. The fourth-order valence-corrected chi connectivity index (χ4v) is 3.09. The molecule has 0 amide bonds. The number of benzene rings is 3. The van der Waals surface area contributed by atoms with Crippen molar-refractivity contribution < 1.29 is 0 Å². The monoisotopic (exact) mass is 281 g/mol. The van der Waals surface area contributed by atoms with E-state index in [2.05, 4.69) is 51.6 Å². The standard InChI is InChI=1S/C19H11N3/c1-2-4-14-12(3-1)5-7-17-15(14)11-16-18(22-21-17)8-6-13-9-10-20-19(13)16/h1-11H. The van der Waals surface area contributed by atoms with Gasteiger partial charge in [0, 0.05) is 22.4 Å². The first-order valence-electron chi connectivity index (χ1n) is 7.23. The van der Waals surface area contributed by atoms with Gasteiger partial charge in [-0.1, -0.05) is 36.4 Å². The highest BCUT2D eigenvalue weighted by Gasteiger charge is 2.06. The average Bonchev–Trinajstić information content (AvgIpc) is 2.95. The Morgan fingerprint density at radius 2 is 1.36 bits per heavy atom. The molecule has 5 rings (SSSR count). The summed E-state index contributed by atoms with van der Waals surface area (Å²) in [5, 5.41) is 14.5. The minimum Gasteiger partial charge on any atom is -0.256 e. The molecule has 0 aliphatic heterocycles. The van der Waals surface area contributed by atoms with Gasteiger partial charge in [-0.2, -0.15) is 0 Å². The molecule has 2 heterocycles. The molecule has 0 fully saturated rings. The Bertz CT molecular complexity index is 1180. The Hall–Kier alpha value is -3.07. The van der Waals surface area contributed by atoms with Crippen molar-refractivity contribution in [1.82, 2.24) is 15.2 Å². The highest BCUT2D eigenvalue weighted by molar-refractivity contribution is 6.12. The second-order valence-corrected chi connectivity index (χ2v) is 5.44. The van der Waals surface area contributed by atoms with Crippen molar-refractivity contribution in [3.63, 3.8) is 0 Å². The first kappa shape index (κ1) is 11.6. The van der Waals surface area contributed by atoms with Gasteiger partial charge < -0.3 is 0 Å². The molecule has 5 aromatic rings. The van der Waals surface area contributed by atoms with E-state index in [0.717, 1.165) is 32.7 Å². The van der Waals surface area contributed by atoms with Crippen LogP contribution >= 0.6 is 0 Å². The van der Waals surface area contributed by atoms with Crippen LogP contribution in [0.1, 0.15) is 0 Å². The summed E-state index contributed by atoms with van der Waals surface area (Å²) in [4.78, 5) is 4.49. The third kappa shape index (κ3) is 1.53. The van der Waals surface area contributed by atoms with E-state index >= 15 is 0 Å². The zero-order valence-electron chi connectivity index (χ0n) is 11.7. The van der Waals surface area contributed by atoms with Gasteiger partial charge in [-0.05, 0) is 35.0 Å². The topological polar surface area (TPSA) is 38.7 Å². The Morgan fingerprint density at radius 1 is 0.591 bits per heavy atom. The minimum atomic E-state index is 0.867. The molecule has 2 aromatic heterocycles. The van der Waals surface area contributed by atoms with Crippen molar-refractivity contribution in [3.8, 4) is 0 Å². The molecule has 0 radical (unpaired) electrons. The molecule has 22 heavy (non-hydrogen) atoms. The molecule has 0 aliphatic carbocycles. The lowest BCUT2D eigenvalue weighted by Crippen LogP contribution is -1.78. The molecule has 0 spiro atoms. The van der Waals surface area contributed by atoms with Gasteiger partial charge in [0.15, 0.2) is 0 Å². The summed E-state index contributed by atoms with van der Waals surface area (Å²) < 4.78 is 0. The third-order valence-electron chi connectivity index (χ3n) is 4.18. The molecule has 3 aromatic carbocycles. The van der Waals surface area contributed by atoms with E-state index in [9.17, 15) is 0 Å². The van der Waals surface area contributed by atoms with Gasteiger partial charge >= 0.3 is 0 Å². The van der Waals surface area contributed by atoms with E-state index in [1.165, 1.54) is 10.8 Å². The molecular formula is C19H11N3. The Balaban J connectivity index is 2.10. The average molecular weight is 281 g/mol. The summed E-state index contributed by atoms with van der Waals surface area (Å²) in [5.41, 5.74) is 2.75. The molecular weight excluding hydrogens is 270 g/mol. The van der Waals surface area contributed by atoms with Crippen LogP contribution in [0.3, 0.4) is 0 Å². The molecule has 0 saturated carbocycles. The number of fused-ring (bicyclic) bond motifs is 6. The fraction of sp³-hybridized carbons (Fsp3) is 0. The van der Waals surface area contributed by atoms with Crippen LogP contribution in [0.25, 0.3) is 43.5 Å². The molecule has 3 heteroatoms. The van der Waals surface area contributed by atoms with Gasteiger partial charge in [-0.3, -0.25) is 4.98 Å². The molecule has 102 valence electrons. The number of hydrogen-bond donors (Lipinski definition) is 0. The van der Waals surface area contributed by atoms with Gasteiger partial charge in [0.2, 0.25) is 0 Å². The van der Waals surface area contributed by atoms with Crippen LogP contribution in [0.5, 0.6) is 0 Å². The normalized spacial score (nSPS) is 11.6. The lowest BCUT2D eigenvalue weighted by molar-refractivity contribution is 1.13. The number of nitrogens with zero attached hydrogens (tertiary/aromatic N) is 3. The zero-order valence-corrected chi connectivity index (χ0v) is 11.7. The second kappa shape index (κ2) is 4.21. The molecule has 0 N–H and O–H groups in total. The summed E-state index contributed by atoms with van der Waals surface area (Å²) in [6.07, 6.45) is 1.84. The van der Waals surface area contributed by atoms with Gasteiger partial charge in [0.25, 0.3) is 0 Å². The Kier molecular flexibility index (Phi) is 2.22. The molecule has 0 unspecified atom stereocenters. The van der Waals surface area contributed by atoms with E-state index < -0.39 is 0 Å². The van der Waals surface area contributed by atoms with Crippen molar-refractivity contribution in [2.45, 2.75) is 0 Å². The van der Waals surface area contributed by atoms with Crippen LogP contribution in [-0.2, 0) is 0 Å². The molecule has 3 nitrogen and oxygen atoms in total. The van der Waals surface area contributed by atoms with Crippen LogP contribution in [0, 0.1) is 0 Å². The van der Waals surface area contributed by atoms with Crippen LogP contribution in [-0.4, -0.2) is 15.2 Å². The lowest BCUT2D eigenvalue weighted by atomic mass is 10.0. The van der Waals surface area contributed by atoms with Crippen molar-refractivity contribution in [2.75, 3.05) is 0 Å². The maximum absolute atomic E-state index is 4.49. The lowest BCUT2D eigenvalue weighted by Gasteiger charge is -1.99. The largest absolute Gasteiger partial charge is 0.256 e. The SMILES string of the molecule is c1ccc2c(c1)ccc1nnc3ccc4ccnc4c3cc12. The van der Waals surface area contributed by atoms with Crippen LogP contribution < -0.4 is 0 Å². The summed E-state index contributed by atoms with van der Waals surface area (Å²) in [6, 6.07) is 20.7. The van der Waals surface area contributed by atoms with Gasteiger partial charge in [0.1, 0.15) is 0 Å². The summed E-state index contributed by atoms with van der Waals surface area (Å²) in [7, 11) is 0. The molecule has 0 bridgehead atoms. The van der Waals surface area contributed by atoms with E-state index in [-0.39, 0.29) is 0 Å². The maximum atomic E-state index is 4.49. The van der Waals surface area contributed by atoms with E-state index in [4.69, 9.17) is 0 Å². The summed E-state index contributed by atoms with van der Waals surface area (Å²) in [5.74, 6) is 0. The first-order valence-corrected chi connectivity index (χ1v) is 7.23. The van der Waals surface area contributed by atoms with Gasteiger partial charge in [-0.25, -0.2) is 0 Å².